The van der Waals surface area contributed by atoms with E-state index in [4.69, 9.17) is 22.1 Å². The molecule has 2 aromatic rings. The van der Waals surface area contributed by atoms with Crippen LogP contribution in [0, 0.1) is 12.7 Å². The quantitative estimate of drug-likeness (QED) is 0.695. The number of carbonyl (C=O) groups excluding carboxylic acids is 1. The molecule has 0 aliphatic rings. The lowest BCUT2D eigenvalue weighted by molar-refractivity contribution is 0.103. The second-order valence-electron chi connectivity index (χ2n) is 4.37. The topological polar surface area (TPSA) is 52.3 Å². The zero-order valence-corrected chi connectivity index (χ0v) is 11.8. The van der Waals surface area contributed by atoms with Crippen molar-refractivity contribution in [1.29, 1.82) is 0 Å². The van der Waals surface area contributed by atoms with E-state index in [2.05, 4.69) is 0 Å². The number of halogens is 2. The van der Waals surface area contributed by atoms with Crippen LogP contribution in [0.25, 0.3) is 0 Å². The summed E-state index contributed by atoms with van der Waals surface area (Å²) in [5, 5.41) is 0.0666. The Balaban J connectivity index is 2.54. The van der Waals surface area contributed by atoms with Crippen molar-refractivity contribution in [2.75, 3.05) is 12.8 Å². The molecule has 0 unspecified atom stereocenters. The number of methoxy groups -OCH3 is 1. The van der Waals surface area contributed by atoms with E-state index in [-0.39, 0.29) is 16.4 Å². The van der Waals surface area contributed by atoms with Crippen molar-refractivity contribution in [2.24, 2.45) is 0 Å². The van der Waals surface area contributed by atoms with Crippen LogP contribution in [0.1, 0.15) is 21.5 Å². The summed E-state index contributed by atoms with van der Waals surface area (Å²) in [4.78, 5) is 12.5. The maximum Gasteiger partial charge on any atom is 0.198 e. The Morgan fingerprint density at radius 2 is 1.95 bits per heavy atom. The molecule has 3 nitrogen and oxygen atoms in total. The molecule has 2 N–H and O–H groups in total. The molecular weight excluding hydrogens is 281 g/mol. The zero-order chi connectivity index (χ0) is 14.9. The summed E-state index contributed by atoms with van der Waals surface area (Å²) in [5.41, 5.74) is 7.05. The number of ketones is 1. The Hall–Kier alpha value is -2.07. The van der Waals surface area contributed by atoms with Gasteiger partial charge in [-0.25, -0.2) is 4.39 Å². The molecule has 0 saturated heterocycles. The van der Waals surface area contributed by atoms with Crippen LogP contribution in [0.15, 0.2) is 30.3 Å². The molecular formula is C15H13ClFNO2. The monoisotopic (exact) mass is 293 g/mol. The first-order valence-electron chi connectivity index (χ1n) is 5.88. The molecule has 0 heterocycles. The fraction of sp³-hybridized carbons (Fsp3) is 0.133. The first-order valence-corrected chi connectivity index (χ1v) is 6.25. The molecule has 2 aromatic carbocycles. The third-order valence-electron chi connectivity index (χ3n) is 2.96. The van der Waals surface area contributed by atoms with Crippen LogP contribution in [-0.4, -0.2) is 12.9 Å². The maximum atomic E-state index is 13.4. The molecule has 0 spiro atoms. The van der Waals surface area contributed by atoms with Crippen LogP contribution in [0.3, 0.4) is 0 Å². The van der Waals surface area contributed by atoms with Crippen LogP contribution in [0.2, 0.25) is 5.02 Å². The summed E-state index contributed by atoms with van der Waals surface area (Å²) >= 11 is 5.95. The summed E-state index contributed by atoms with van der Waals surface area (Å²) < 4.78 is 18.5. The van der Waals surface area contributed by atoms with Crippen LogP contribution in [-0.2, 0) is 0 Å². The van der Waals surface area contributed by atoms with Crippen molar-refractivity contribution >= 4 is 23.1 Å². The van der Waals surface area contributed by atoms with E-state index in [0.29, 0.717) is 22.6 Å². The van der Waals surface area contributed by atoms with Gasteiger partial charge in [-0.05, 0) is 36.8 Å². The summed E-state index contributed by atoms with van der Waals surface area (Å²) in [7, 11) is 1.45. The average molecular weight is 294 g/mol. The van der Waals surface area contributed by atoms with Crippen LogP contribution in [0.4, 0.5) is 10.1 Å². The Morgan fingerprint density at radius 3 is 2.60 bits per heavy atom. The van der Waals surface area contributed by atoms with Crippen LogP contribution >= 0.6 is 11.6 Å². The van der Waals surface area contributed by atoms with Gasteiger partial charge in [-0.3, -0.25) is 4.79 Å². The minimum atomic E-state index is -0.448. The van der Waals surface area contributed by atoms with Gasteiger partial charge in [0.1, 0.15) is 11.6 Å². The van der Waals surface area contributed by atoms with Crippen molar-refractivity contribution in [3.8, 4) is 5.75 Å². The summed E-state index contributed by atoms with van der Waals surface area (Å²) in [5.74, 6) is -0.432. The SMILES string of the molecule is COc1cc(N)ccc1C(=O)c1cc(C)c(F)cc1Cl. The van der Waals surface area contributed by atoms with Crippen molar-refractivity contribution in [1.82, 2.24) is 0 Å². The number of hydrogen-bond acceptors (Lipinski definition) is 3. The minimum absolute atomic E-state index is 0.0666. The zero-order valence-electron chi connectivity index (χ0n) is 11.0. The first kappa shape index (κ1) is 14.3. The highest BCUT2D eigenvalue weighted by molar-refractivity contribution is 6.35. The van der Waals surface area contributed by atoms with Crippen molar-refractivity contribution in [2.45, 2.75) is 6.92 Å². The highest BCUT2D eigenvalue weighted by Gasteiger charge is 2.18. The molecule has 0 fully saturated rings. The maximum absolute atomic E-state index is 13.4. The lowest BCUT2D eigenvalue weighted by Crippen LogP contribution is -2.06. The van der Waals surface area contributed by atoms with Gasteiger partial charge in [-0.2, -0.15) is 0 Å². The third kappa shape index (κ3) is 2.60. The number of aryl methyl sites for hydroxylation is 1. The van der Waals surface area contributed by atoms with Gasteiger partial charge in [-0.15, -0.1) is 0 Å². The van der Waals surface area contributed by atoms with E-state index in [1.54, 1.807) is 25.1 Å². The van der Waals surface area contributed by atoms with E-state index < -0.39 is 5.82 Å². The Bertz CT molecular complexity index is 686. The summed E-state index contributed by atoms with van der Waals surface area (Å²) in [6.45, 7) is 1.57. The molecule has 0 saturated carbocycles. The standard InChI is InChI=1S/C15H13ClFNO2/c1-8-5-11(12(16)7-13(8)17)15(19)10-4-3-9(18)6-14(10)20-2/h3-7H,18H2,1-2H3. The number of rotatable bonds is 3. The second-order valence-corrected chi connectivity index (χ2v) is 4.78. The number of ether oxygens (including phenoxy) is 1. The molecule has 20 heavy (non-hydrogen) atoms. The van der Waals surface area contributed by atoms with Crippen LogP contribution in [0.5, 0.6) is 5.75 Å². The molecule has 0 amide bonds. The summed E-state index contributed by atoms with van der Waals surface area (Å²) in [6.07, 6.45) is 0. The van der Waals surface area contributed by atoms with E-state index in [9.17, 15) is 9.18 Å². The van der Waals surface area contributed by atoms with Gasteiger partial charge < -0.3 is 10.5 Å². The van der Waals surface area contributed by atoms with E-state index in [1.807, 2.05) is 0 Å². The largest absolute Gasteiger partial charge is 0.496 e. The highest BCUT2D eigenvalue weighted by atomic mass is 35.5. The molecule has 0 atom stereocenters. The molecule has 0 aliphatic carbocycles. The predicted molar refractivity (Wildman–Crippen MR) is 77.0 cm³/mol. The molecule has 0 radical (unpaired) electrons. The fourth-order valence-corrected chi connectivity index (χ4v) is 2.11. The lowest BCUT2D eigenvalue weighted by Gasteiger charge is -2.10. The van der Waals surface area contributed by atoms with Gasteiger partial charge in [0, 0.05) is 17.3 Å². The fourth-order valence-electron chi connectivity index (χ4n) is 1.87. The number of hydrogen-bond donors (Lipinski definition) is 1. The first-order chi connectivity index (χ1) is 9.43. The van der Waals surface area contributed by atoms with E-state index in [1.165, 1.54) is 13.2 Å². The molecule has 0 bridgehead atoms. The van der Waals surface area contributed by atoms with Crippen molar-refractivity contribution in [3.05, 3.63) is 57.9 Å². The molecule has 104 valence electrons. The second kappa shape index (κ2) is 5.51. The average Bonchev–Trinajstić information content (AvgIpc) is 2.42. The van der Waals surface area contributed by atoms with Gasteiger partial charge in [-0.1, -0.05) is 11.6 Å². The van der Waals surface area contributed by atoms with Gasteiger partial charge in [0.25, 0.3) is 0 Å². The Morgan fingerprint density at radius 1 is 1.25 bits per heavy atom. The van der Waals surface area contributed by atoms with Gasteiger partial charge in [0.15, 0.2) is 5.78 Å². The molecule has 0 aromatic heterocycles. The Kier molecular flexibility index (Phi) is 3.95. The van der Waals surface area contributed by atoms with E-state index in [0.717, 1.165) is 6.07 Å². The molecule has 2 rings (SSSR count). The Labute approximate surface area is 121 Å². The van der Waals surface area contributed by atoms with Crippen molar-refractivity contribution < 1.29 is 13.9 Å². The smallest absolute Gasteiger partial charge is 0.198 e. The number of nitrogens with two attached hydrogens (primary N) is 1. The summed E-state index contributed by atoms with van der Waals surface area (Å²) in [6, 6.07) is 7.27. The van der Waals surface area contributed by atoms with Gasteiger partial charge >= 0.3 is 0 Å². The molecule has 0 aliphatic heterocycles. The number of nitrogen functional groups attached to an aromatic ring is 1. The molecule has 5 heteroatoms. The minimum Gasteiger partial charge on any atom is -0.496 e. The number of carbonyl (C=O) groups is 1. The van der Waals surface area contributed by atoms with Gasteiger partial charge in [0.05, 0.1) is 17.7 Å². The normalized spacial score (nSPS) is 10.4. The highest BCUT2D eigenvalue weighted by Crippen LogP contribution is 2.28. The lowest BCUT2D eigenvalue weighted by atomic mass is 10.00. The number of benzene rings is 2. The number of anilines is 1. The van der Waals surface area contributed by atoms with Crippen LogP contribution < -0.4 is 10.5 Å². The predicted octanol–water partition coefficient (Wildman–Crippen LogP) is 3.61. The van der Waals surface area contributed by atoms with E-state index >= 15 is 0 Å². The third-order valence-corrected chi connectivity index (χ3v) is 3.28. The van der Waals surface area contributed by atoms with Gasteiger partial charge in [0.2, 0.25) is 0 Å². The van der Waals surface area contributed by atoms with Crippen molar-refractivity contribution in [3.63, 3.8) is 0 Å².